The minimum atomic E-state index is 0. The van der Waals surface area contributed by atoms with Gasteiger partial charge in [-0.1, -0.05) is 19.3 Å². The standard InChI is InChI=1S/C9H17N.ClH/c1-2-4-8(5-3-1)10-9-6-7-9;/h8-10H,1-7H2;1H. The van der Waals surface area contributed by atoms with E-state index in [1.807, 2.05) is 0 Å². The molecule has 0 spiro atoms. The highest BCUT2D eigenvalue weighted by Gasteiger charge is 2.24. The summed E-state index contributed by atoms with van der Waals surface area (Å²) in [6.07, 6.45) is 10.2. The molecule has 0 saturated heterocycles. The topological polar surface area (TPSA) is 12.0 Å². The van der Waals surface area contributed by atoms with E-state index in [9.17, 15) is 0 Å². The maximum absolute atomic E-state index is 3.69. The fourth-order valence-corrected chi connectivity index (χ4v) is 1.85. The molecule has 0 aromatic heterocycles. The number of hydrogen-bond acceptors (Lipinski definition) is 1. The summed E-state index contributed by atoms with van der Waals surface area (Å²) in [6.45, 7) is 0. The van der Waals surface area contributed by atoms with E-state index in [-0.39, 0.29) is 12.4 Å². The average Bonchev–Trinajstić information content (AvgIpc) is 2.74. The van der Waals surface area contributed by atoms with Gasteiger partial charge in [-0.15, -0.1) is 12.4 Å². The molecule has 0 aromatic rings. The molecule has 2 aliphatic rings. The predicted octanol–water partition coefficient (Wildman–Crippen LogP) is 2.49. The zero-order valence-electron chi connectivity index (χ0n) is 7.01. The highest BCUT2D eigenvalue weighted by atomic mass is 35.5. The van der Waals surface area contributed by atoms with Crippen LogP contribution in [0.2, 0.25) is 0 Å². The molecule has 2 fully saturated rings. The molecule has 0 unspecified atom stereocenters. The van der Waals surface area contributed by atoms with Gasteiger partial charge in [0.1, 0.15) is 0 Å². The lowest BCUT2D eigenvalue weighted by atomic mass is 9.95. The SMILES string of the molecule is C1CCC(NC2CC2)CC1.Cl. The largest absolute Gasteiger partial charge is 0.311 e. The van der Waals surface area contributed by atoms with E-state index >= 15 is 0 Å². The molecule has 0 aromatic carbocycles. The molecule has 2 rings (SSSR count). The fraction of sp³-hybridized carbons (Fsp3) is 1.00. The molecule has 2 aliphatic carbocycles. The first-order chi connectivity index (χ1) is 4.95. The number of nitrogens with one attached hydrogen (secondary N) is 1. The lowest BCUT2D eigenvalue weighted by molar-refractivity contribution is 0.371. The van der Waals surface area contributed by atoms with Gasteiger partial charge in [0, 0.05) is 12.1 Å². The van der Waals surface area contributed by atoms with Crippen molar-refractivity contribution in [2.45, 2.75) is 57.0 Å². The second kappa shape index (κ2) is 4.32. The number of halogens is 1. The second-order valence-electron chi connectivity index (χ2n) is 3.78. The van der Waals surface area contributed by atoms with E-state index in [0.29, 0.717) is 0 Å². The third-order valence-electron chi connectivity index (χ3n) is 2.65. The summed E-state index contributed by atoms with van der Waals surface area (Å²) in [5.41, 5.74) is 0. The van der Waals surface area contributed by atoms with Crippen molar-refractivity contribution >= 4 is 12.4 Å². The summed E-state index contributed by atoms with van der Waals surface area (Å²) in [7, 11) is 0. The van der Waals surface area contributed by atoms with E-state index in [4.69, 9.17) is 0 Å². The van der Waals surface area contributed by atoms with E-state index in [1.165, 1.54) is 44.9 Å². The summed E-state index contributed by atoms with van der Waals surface area (Å²) >= 11 is 0. The summed E-state index contributed by atoms with van der Waals surface area (Å²) in [5.74, 6) is 0. The Balaban J connectivity index is 0.000000605. The van der Waals surface area contributed by atoms with Crippen molar-refractivity contribution in [1.82, 2.24) is 5.32 Å². The molecule has 0 aliphatic heterocycles. The monoisotopic (exact) mass is 175 g/mol. The summed E-state index contributed by atoms with van der Waals surface area (Å²) < 4.78 is 0. The minimum absolute atomic E-state index is 0. The van der Waals surface area contributed by atoms with Crippen LogP contribution in [-0.4, -0.2) is 12.1 Å². The highest BCUT2D eigenvalue weighted by Crippen LogP contribution is 2.24. The van der Waals surface area contributed by atoms with Crippen LogP contribution in [0.15, 0.2) is 0 Å². The smallest absolute Gasteiger partial charge is 0.00708 e. The van der Waals surface area contributed by atoms with Gasteiger partial charge in [0.15, 0.2) is 0 Å². The maximum atomic E-state index is 3.69. The van der Waals surface area contributed by atoms with Gasteiger partial charge < -0.3 is 5.32 Å². The Labute approximate surface area is 75.4 Å². The third-order valence-corrected chi connectivity index (χ3v) is 2.65. The molecule has 2 heteroatoms. The van der Waals surface area contributed by atoms with Crippen molar-refractivity contribution in [1.29, 1.82) is 0 Å². The quantitative estimate of drug-likeness (QED) is 0.680. The first kappa shape index (κ1) is 9.34. The van der Waals surface area contributed by atoms with Crippen LogP contribution in [0, 0.1) is 0 Å². The van der Waals surface area contributed by atoms with Crippen LogP contribution in [0.25, 0.3) is 0 Å². The predicted molar refractivity (Wildman–Crippen MR) is 50.3 cm³/mol. The first-order valence-electron chi connectivity index (χ1n) is 4.71. The zero-order chi connectivity index (χ0) is 6.81. The van der Waals surface area contributed by atoms with E-state index in [2.05, 4.69) is 5.32 Å². The van der Waals surface area contributed by atoms with Gasteiger partial charge in [0.05, 0.1) is 0 Å². The fourth-order valence-electron chi connectivity index (χ4n) is 1.85. The Morgan fingerprint density at radius 2 is 1.27 bits per heavy atom. The van der Waals surface area contributed by atoms with Crippen LogP contribution in [-0.2, 0) is 0 Å². The summed E-state index contributed by atoms with van der Waals surface area (Å²) in [5, 5.41) is 3.69. The van der Waals surface area contributed by atoms with Crippen LogP contribution in [0.5, 0.6) is 0 Å². The van der Waals surface area contributed by atoms with Gasteiger partial charge in [-0.3, -0.25) is 0 Å². The van der Waals surface area contributed by atoms with Gasteiger partial charge in [0.25, 0.3) is 0 Å². The van der Waals surface area contributed by atoms with Crippen molar-refractivity contribution < 1.29 is 0 Å². The van der Waals surface area contributed by atoms with Crippen LogP contribution >= 0.6 is 12.4 Å². The first-order valence-corrected chi connectivity index (χ1v) is 4.71. The Bertz CT molecular complexity index is 106. The van der Waals surface area contributed by atoms with Gasteiger partial charge in [-0.25, -0.2) is 0 Å². The van der Waals surface area contributed by atoms with Crippen LogP contribution < -0.4 is 5.32 Å². The van der Waals surface area contributed by atoms with Crippen molar-refractivity contribution in [2.75, 3.05) is 0 Å². The molecular formula is C9H18ClN. The molecule has 0 heterocycles. The average molecular weight is 176 g/mol. The van der Waals surface area contributed by atoms with Crippen LogP contribution in [0.4, 0.5) is 0 Å². The molecular weight excluding hydrogens is 158 g/mol. The molecule has 0 bridgehead atoms. The van der Waals surface area contributed by atoms with Crippen molar-refractivity contribution in [3.8, 4) is 0 Å². The molecule has 0 amide bonds. The van der Waals surface area contributed by atoms with Gasteiger partial charge in [-0.05, 0) is 25.7 Å². The third kappa shape index (κ3) is 3.00. The minimum Gasteiger partial charge on any atom is -0.311 e. The normalized spacial score (nSPS) is 26.2. The van der Waals surface area contributed by atoms with E-state index in [0.717, 1.165) is 12.1 Å². The lowest BCUT2D eigenvalue weighted by Crippen LogP contribution is -2.32. The van der Waals surface area contributed by atoms with Crippen LogP contribution in [0.1, 0.15) is 44.9 Å². The number of hydrogen-bond donors (Lipinski definition) is 1. The molecule has 1 nitrogen and oxygen atoms in total. The lowest BCUT2D eigenvalue weighted by Gasteiger charge is -2.22. The van der Waals surface area contributed by atoms with Gasteiger partial charge >= 0.3 is 0 Å². The Morgan fingerprint density at radius 1 is 0.727 bits per heavy atom. The molecule has 1 N–H and O–H groups in total. The zero-order valence-corrected chi connectivity index (χ0v) is 7.83. The summed E-state index contributed by atoms with van der Waals surface area (Å²) in [4.78, 5) is 0. The van der Waals surface area contributed by atoms with E-state index in [1.54, 1.807) is 0 Å². The molecule has 0 radical (unpaired) electrons. The second-order valence-corrected chi connectivity index (χ2v) is 3.78. The van der Waals surface area contributed by atoms with Gasteiger partial charge in [0.2, 0.25) is 0 Å². The Morgan fingerprint density at radius 3 is 1.82 bits per heavy atom. The highest BCUT2D eigenvalue weighted by molar-refractivity contribution is 5.85. The van der Waals surface area contributed by atoms with E-state index < -0.39 is 0 Å². The molecule has 2 saturated carbocycles. The number of rotatable bonds is 2. The van der Waals surface area contributed by atoms with Gasteiger partial charge in [-0.2, -0.15) is 0 Å². The van der Waals surface area contributed by atoms with Crippen molar-refractivity contribution in [3.05, 3.63) is 0 Å². The Kier molecular flexibility index (Phi) is 3.67. The van der Waals surface area contributed by atoms with Crippen LogP contribution in [0.3, 0.4) is 0 Å². The Hall–Kier alpha value is 0.250. The molecule has 11 heavy (non-hydrogen) atoms. The maximum Gasteiger partial charge on any atom is 0.00708 e. The van der Waals surface area contributed by atoms with Crippen molar-refractivity contribution in [3.63, 3.8) is 0 Å². The van der Waals surface area contributed by atoms with Crippen molar-refractivity contribution in [2.24, 2.45) is 0 Å². The molecule has 66 valence electrons. The summed E-state index contributed by atoms with van der Waals surface area (Å²) in [6, 6.07) is 1.81. The molecule has 0 atom stereocenters.